The first kappa shape index (κ1) is 12.9. The van der Waals surface area contributed by atoms with Crippen molar-refractivity contribution in [3.8, 4) is 0 Å². The molecule has 13 heavy (non-hydrogen) atoms. The molecule has 0 spiro atoms. The SMILES string of the molecule is CCN(CCCC(=O)Cl)C(C)(C)C. The van der Waals surface area contributed by atoms with Crippen molar-refractivity contribution in [2.75, 3.05) is 13.1 Å². The van der Waals surface area contributed by atoms with Gasteiger partial charge in [0.25, 0.3) is 0 Å². The minimum Gasteiger partial charge on any atom is -0.299 e. The van der Waals surface area contributed by atoms with Crippen LogP contribution >= 0.6 is 11.6 Å². The van der Waals surface area contributed by atoms with Crippen LogP contribution < -0.4 is 0 Å². The molecule has 0 aromatic rings. The molecule has 0 aliphatic carbocycles. The third-order valence-corrected chi connectivity index (χ3v) is 2.32. The molecule has 0 aliphatic heterocycles. The van der Waals surface area contributed by atoms with Crippen LogP contribution in [0.1, 0.15) is 40.5 Å². The fourth-order valence-electron chi connectivity index (χ4n) is 1.38. The van der Waals surface area contributed by atoms with E-state index in [-0.39, 0.29) is 10.8 Å². The van der Waals surface area contributed by atoms with Crippen LogP contribution in [0.4, 0.5) is 0 Å². The number of hydrogen-bond donors (Lipinski definition) is 0. The molecular formula is C10H20ClNO. The highest BCUT2D eigenvalue weighted by Crippen LogP contribution is 2.13. The van der Waals surface area contributed by atoms with Gasteiger partial charge in [-0.15, -0.1) is 0 Å². The summed E-state index contributed by atoms with van der Waals surface area (Å²) >= 11 is 5.26. The summed E-state index contributed by atoms with van der Waals surface area (Å²) < 4.78 is 0. The van der Waals surface area contributed by atoms with E-state index in [2.05, 4.69) is 32.6 Å². The highest BCUT2D eigenvalue weighted by Gasteiger charge is 2.18. The standard InChI is InChI=1S/C10H20ClNO/c1-5-12(10(2,3)4)8-6-7-9(11)13/h5-8H2,1-4H3. The van der Waals surface area contributed by atoms with Crippen LogP contribution in [0.3, 0.4) is 0 Å². The van der Waals surface area contributed by atoms with Gasteiger partial charge in [-0.2, -0.15) is 0 Å². The fourth-order valence-corrected chi connectivity index (χ4v) is 1.51. The van der Waals surface area contributed by atoms with E-state index < -0.39 is 0 Å². The lowest BCUT2D eigenvalue weighted by Gasteiger charge is -2.34. The Bertz CT molecular complexity index is 163. The lowest BCUT2D eigenvalue weighted by Crippen LogP contribution is -2.41. The van der Waals surface area contributed by atoms with Gasteiger partial charge in [0.1, 0.15) is 0 Å². The van der Waals surface area contributed by atoms with Crippen molar-refractivity contribution in [3.05, 3.63) is 0 Å². The van der Waals surface area contributed by atoms with Gasteiger partial charge in [-0.3, -0.25) is 9.69 Å². The summed E-state index contributed by atoms with van der Waals surface area (Å²) in [7, 11) is 0. The first-order valence-electron chi connectivity index (χ1n) is 4.81. The molecule has 0 aliphatic rings. The molecule has 0 fully saturated rings. The highest BCUT2D eigenvalue weighted by atomic mass is 35.5. The fraction of sp³-hybridized carbons (Fsp3) is 0.900. The van der Waals surface area contributed by atoms with E-state index in [0.717, 1.165) is 19.5 Å². The second-order valence-electron chi connectivity index (χ2n) is 4.21. The molecule has 0 aromatic heterocycles. The van der Waals surface area contributed by atoms with Crippen molar-refractivity contribution >= 4 is 16.8 Å². The first-order chi connectivity index (χ1) is 5.88. The molecule has 2 nitrogen and oxygen atoms in total. The van der Waals surface area contributed by atoms with E-state index in [1.807, 2.05) is 0 Å². The predicted octanol–water partition coefficient (Wildman–Crippen LogP) is 2.65. The van der Waals surface area contributed by atoms with Gasteiger partial charge in [0.15, 0.2) is 0 Å². The largest absolute Gasteiger partial charge is 0.299 e. The van der Waals surface area contributed by atoms with Gasteiger partial charge in [0.05, 0.1) is 0 Å². The lowest BCUT2D eigenvalue weighted by molar-refractivity contribution is -0.111. The van der Waals surface area contributed by atoms with Crippen LogP contribution in [0.25, 0.3) is 0 Å². The number of nitrogens with zero attached hydrogens (tertiary/aromatic N) is 1. The molecule has 0 saturated heterocycles. The Morgan fingerprint density at radius 3 is 2.23 bits per heavy atom. The van der Waals surface area contributed by atoms with E-state index in [1.54, 1.807) is 0 Å². The summed E-state index contributed by atoms with van der Waals surface area (Å²) in [4.78, 5) is 12.9. The lowest BCUT2D eigenvalue weighted by atomic mass is 10.1. The molecule has 0 unspecified atom stereocenters. The summed E-state index contributed by atoms with van der Waals surface area (Å²) in [5.41, 5.74) is 0.185. The zero-order valence-corrected chi connectivity index (χ0v) is 9.82. The Hall–Kier alpha value is -0.0800. The average Bonchev–Trinajstić information content (AvgIpc) is 1.95. The van der Waals surface area contributed by atoms with Crippen LogP contribution in [0.5, 0.6) is 0 Å². The van der Waals surface area contributed by atoms with Gasteiger partial charge >= 0.3 is 0 Å². The zero-order valence-electron chi connectivity index (χ0n) is 9.06. The van der Waals surface area contributed by atoms with E-state index in [9.17, 15) is 4.79 Å². The number of rotatable bonds is 5. The van der Waals surface area contributed by atoms with E-state index in [0.29, 0.717) is 6.42 Å². The highest BCUT2D eigenvalue weighted by molar-refractivity contribution is 6.63. The van der Waals surface area contributed by atoms with Crippen LogP contribution in [0.2, 0.25) is 0 Å². The van der Waals surface area contributed by atoms with Crippen LogP contribution in [-0.2, 0) is 4.79 Å². The molecular weight excluding hydrogens is 186 g/mol. The number of carbonyl (C=O) groups is 1. The summed E-state index contributed by atoms with van der Waals surface area (Å²) in [5, 5.41) is -0.232. The number of halogens is 1. The molecule has 78 valence electrons. The average molecular weight is 206 g/mol. The number of hydrogen-bond acceptors (Lipinski definition) is 2. The minimum absolute atomic E-state index is 0.185. The van der Waals surface area contributed by atoms with E-state index in [4.69, 9.17) is 11.6 Å². The van der Waals surface area contributed by atoms with Gasteiger partial charge in [0.2, 0.25) is 5.24 Å². The molecule has 3 heteroatoms. The quantitative estimate of drug-likeness (QED) is 0.644. The van der Waals surface area contributed by atoms with Crippen molar-refractivity contribution in [1.29, 1.82) is 0 Å². The van der Waals surface area contributed by atoms with Gasteiger partial charge in [-0.25, -0.2) is 0 Å². The summed E-state index contributed by atoms with van der Waals surface area (Å²) in [6, 6.07) is 0. The molecule has 0 N–H and O–H groups in total. The minimum atomic E-state index is -0.232. The maximum Gasteiger partial charge on any atom is 0.221 e. The molecule has 0 heterocycles. The third kappa shape index (κ3) is 6.05. The van der Waals surface area contributed by atoms with Gasteiger partial charge in [-0.05, 0) is 51.9 Å². The Morgan fingerprint density at radius 1 is 1.38 bits per heavy atom. The smallest absolute Gasteiger partial charge is 0.221 e. The summed E-state index contributed by atoms with van der Waals surface area (Å²) in [6.07, 6.45) is 1.33. The molecule has 0 saturated carbocycles. The van der Waals surface area contributed by atoms with Crippen molar-refractivity contribution in [3.63, 3.8) is 0 Å². The van der Waals surface area contributed by atoms with E-state index >= 15 is 0 Å². The van der Waals surface area contributed by atoms with Crippen LogP contribution in [-0.4, -0.2) is 28.8 Å². The van der Waals surface area contributed by atoms with Crippen molar-refractivity contribution in [1.82, 2.24) is 4.90 Å². The topological polar surface area (TPSA) is 20.3 Å². The molecule has 0 bridgehead atoms. The maximum absolute atomic E-state index is 10.5. The Morgan fingerprint density at radius 2 is 1.92 bits per heavy atom. The van der Waals surface area contributed by atoms with Crippen molar-refractivity contribution < 1.29 is 4.79 Å². The monoisotopic (exact) mass is 205 g/mol. The van der Waals surface area contributed by atoms with Crippen LogP contribution in [0, 0.1) is 0 Å². The van der Waals surface area contributed by atoms with Crippen molar-refractivity contribution in [2.24, 2.45) is 0 Å². The molecule has 0 amide bonds. The summed E-state index contributed by atoms with van der Waals surface area (Å²) in [5.74, 6) is 0. The Labute approximate surface area is 86.2 Å². The second kappa shape index (κ2) is 5.61. The van der Waals surface area contributed by atoms with Crippen LogP contribution in [0.15, 0.2) is 0 Å². The normalized spacial score (nSPS) is 12.2. The van der Waals surface area contributed by atoms with Gasteiger partial charge in [0, 0.05) is 12.0 Å². The first-order valence-corrected chi connectivity index (χ1v) is 5.19. The molecule has 0 radical (unpaired) electrons. The second-order valence-corrected chi connectivity index (χ2v) is 4.63. The summed E-state index contributed by atoms with van der Waals surface area (Å²) in [6.45, 7) is 10.6. The molecule has 0 atom stereocenters. The van der Waals surface area contributed by atoms with Gasteiger partial charge in [-0.1, -0.05) is 6.92 Å². The third-order valence-electron chi connectivity index (χ3n) is 2.13. The maximum atomic E-state index is 10.5. The van der Waals surface area contributed by atoms with Crippen molar-refractivity contribution in [2.45, 2.75) is 46.1 Å². The zero-order chi connectivity index (χ0) is 10.5. The predicted molar refractivity (Wildman–Crippen MR) is 57.1 cm³/mol. The van der Waals surface area contributed by atoms with E-state index in [1.165, 1.54) is 0 Å². The molecule has 0 aromatic carbocycles. The molecule has 0 rings (SSSR count). The Balaban J connectivity index is 3.80. The number of carbonyl (C=O) groups excluding carboxylic acids is 1. The Kier molecular flexibility index (Phi) is 5.57. The van der Waals surface area contributed by atoms with Gasteiger partial charge < -0.3 is 0 Å².